The van der Waals surface area contributed by atoms with Crippen molar-refractivity contribution >= 4 is 5.91 Å². The van der Waals surface area contributed by atoms with Gasteiger partial charge in [0.25, 0.3) is 0 Å². The van der Waals surface area contributed by atoms with Crippen molar-refractivity contribution < 1.29 is 39.8 Å². The maximum atomic E-state index is 13.2. The van der Waals surface area contributed by atoms with E-state index in [-0.39, 0.29) is 12.5 Å². The summed E-state index contributed by atoms with van der Waals surface area (Å²) in [6.07, 6.45) is 90.3. The van der Waals surface area contributed by atoms with Crippen molar-refractivity contribution in [1.82, 2.24) is 5.32 Å². The van der Waals surface area contributed by atoms with Crippen LogP contribution in [0.15, 0.2) is 36.5 Å². The summed E-state index contributed by atoms with van der Waals surface area (Å²) < 4.78 is 11.3. The standard InChI is InChI=1S/C82H157NO8/c1-3-5-7-9-11-13-15-17-19-21-23-25-27-29-31-33-34-35-36-37-38-39-40-41-42-44-46-48-50-52-54-56-58-60-62-64-66-68-70-72-78(86)83-75(74-90-82-81(89)80(88)79(87)77(73-84)91-82)76(85)71-69-67-65-63-61-59-57-55-53-51-49-47-45-43-32-30-28-26-24-22-20-18-16-14-12-10-8-6-4-2/h53,55,61,63,69,71,75-77,79-82,84-85,87-89H,3-52,54,56-60,62,64-68,70,72-74H2,1-2H3,(H,83,86)/b55-53+,63-61+,71-69+. The number of carbonyl (C=O) groups is 1. The minimum atomic E-state index is -1.58. The van der Waals surface area contributed by atoms with Crippen LogP contribution in [-0.2, 0) is 14.3 Å². The van der Waals surface area contributed by atoms with Crippen molar-refractivity contribution in [2.45, 2.75) is 468 Å². The highest BCUT2D eigenvalue weighted by molar-refractivity contribution is 5.76. The minimum absolute atomic E-state index is 0.182. The lowest BCUT2D eigenvalue weighted by molar-refractivity contribution is -0.302. The van der Waals surface area contributed by atoms with E-state index in [9.17, 15) is 30.3 Å². The van der Waals surface area contributed by atoms with Gasteiger partial charge in [-0.3, -0.25) is 4.79 Å². The van der Waals surface area contributed by atoms with Crippen LogP contribution in [0.3, 0.4) is 0 Å². The fourth-order valence-corrected chi connectivity index (χ4v) is 13.4. The Morgan fingerprint density at radius 1 is 0.363 bits per heavy atom. The molecular formula is C82H157NO8. The monoisotopic (exact) mass is 1280 g/mol. The van der Waals surface area contributed by atoms with Crippen LogP contribution in [0.25, 0.3) is 0 Å². The van der Waals surface area contributed by atoms with Crippen LogP contribution in [0.4, 0.5) is 0 Å². The molecule has 0 bridgehead atoms. The van der Waals surface area contributed by atoms with Crippen LogP contribution in [0.1, 0.15) is 425 Å². The van der Waals surface area contributed by atoms with Gasteiger partial charge >= 0.3 is 0 Å². The Kier molecular flexibility index (Phi) is 68.4. The Hall–Kier alpha value is -1.59. The lowest BCUT2D eigenvalue weighted by Gasteiger charge is -2.40. The maximum Gasteiger partial charge on any atom is 0.220 e. The molecule has 0 saturated carbocycles. The van der Waals surface area contributed by atoms with Crippen LogP contribution >= 0.6 is 0 Å². The van der Waals surface area contributed by atoms with Gasteiger partial charge in [0.2, 0.25) is 5.91 Å². The third kappa shape index (κ3) is 59.4. The Labute approximate surface area is 565 Å². The zero-order chi connectivity index (χ0) is 65.7. The second-order valence-corrected chi connectivity index (χ2v) is 28.6. The topological polar surface area (TPSA) is 149 Å². The summed E-state index contributed by atoms with van der Waals surface area (Å²) in [6, 6.07) is -0.829. The van der Waals surface area contributed by atoms with Crippen LogP contribution in [0.2, 0.25) is 0 Å². The van der Waals surface area contributed by atoms with E-state index in [0.29, 0.717) is 6.42 Å². The van der Waals surface area contributed by atoms with Gasteiger partial charge in [-0.2, -0.15) is 0 Å². The Morgan fingerprint density at radius 2 is 0.626 bits per heavy atom. The molecule has 538 valence electrons. The number of aliphatic hydroxyl groups is 5. The number of carbonyl (C=O) groups excluding carboxylic acids is 1. The minimum Gasteiger partial charge on any atom is -0.394 e. The fourth-order valence-electron chi connectivity index (χ4n) is 13.4. The first-order chi connectivity index (χ1) is 44.8. The Bertz CT molecular complexity index is 1540. The molecule has 0 aromatic carbocycles. The van der Waals surface area contributed by atoms with Gasteiger partial charge in [0.1, 0.15) is 24.4 Å². The first-order valence-electron chi connectivity index (χ1n) is 40.7. The van der Waals surface area contributed by atoms with Gasteiger partial charge in [-0.05, 0) is 44.9 Å². The van der Waals surface area contributed by atoms with Gasteiger partial charge < -0.3 is 40.3 Å². The number of unbranched alkanes of at least 4 members (excludes halogenated alkanes) is 59. The third-order valence-electron chi connectivity index (χ3n) is 19.7. The number of aliphatic hydroxyl groups excluding tert-OH is 5. The molecule has 9 nitrogen and oxygen atoms in total. The summed E-state index contributed by atoms with van der Waals surface area (Å²) in [5.41, 5.74) is 0. The molecule has 7 atom stereocenters. The van der Waals surface area contributed by atoms with Crippen molar-refractivity contribution in [2.24, 2.45) is 0 Å². The summed E-state index contributed by atoms with van der Waals surface area (Å²) in [5.74, 6) is -0.182. The zero-order valence-electron chi connectivity index (χ0n) is 60.6. The zero-order valence-corrected chi connectivity index (χ0v) is 60.6. The molecule has 1 amide bonds. The number of hydrogen-bond acceptors (Lipinski definition) is 8. The van der Waals surface area contributed by atoms with E-state index in [1.54, 1.807) is 6.08 Å². The first kappa shape index (κ1) is 87.4. The number of allylic oxidation sites excluding steroid dienone is 5. The molecule has 91 heavy (non-hydrogen) atoms. The summed E-state index contributed by atoms with van der Waals surface area (Å²) in [7, 11) is 0. The predicted molar refractivity (Wildman–Crippen MR) is 392 cm³/mol. The van der Waals surface area contributed by atoms with E-state index < -0.39 is 49.5 Å². The molecule has 1 aliphatic heterocycles. The molecule has 0 radical (unpaired) electrons. The average molecular weight is 1290 g/mol. The molecule has 7 unspecified atom stereocenters. The van der Waals surface area contributed by atoms with Gasteiger partial charge in [-0.25, -0.2) is 0 Å². The van der Waals surface area contributed by atoms with E-state index in [1.807, 2.05) is 6.08 Å². The molecule has 1 rings (SSSR count). The fraction of sp³-hybridized carbons (Fsp3) is 0.915. The van der Waals surface area contributed by atoms with Crippen LogP contribution in [-0.4, -0.2) is 87.5 Å². The SMILES string of the molecule is CCCCCCCCCCCCCCCCCCCCC/C=C/CC/C=C/CC/C=C/C(O)C(COC1OC(CO)C(O)C(O)C1O)NC(=O)CCCCCCCCCCCCCCCCCCCCCCCCCCCCCCCCCCCCCCCCC. The summed E-state index contributed by atoms with van der Waals surface area (Å²) in [5, 5.41) is 54.9. The molecule has 6 N–H and O–H groups in total. The van der Waals surface area contributed by atoms with E-state index in [2.05, 4.69) is 43.5 Å². The first-order valence-corrected chi connectivity index (χ1v) is 40.7. The third-order valence-corrected chi connectivity index (χ3v) is 19.7. The van der Waals surface area contributed by atoms with Crippen LogP contribution in [0.5, 0.6) is 0 Å². The van der Waals surface area contributed by atoms with Crippen molar-refractivity contribution in [1.29, 1.82) is 0 Å². The van der Waals surface area contributed by atoms with Crippen LogP contribution in [0, 0.1) is 0 Å². The highest BCUT2D eigenvalue weighted by atomic mass is 16.7. The summed E-state index contributed by atoms with van der Waals surface area (Å²) in [4.78, 5) is 13.2. The highest BCUT2D eigenvalue weighted by Gasteiger charge is 2.44. The Balaban J connectivity index is 2.06. The van der Waals surface area contributed by atoms with Crippen LogP contribution < -0.4 is 5.32 Å². The van der Waals surface area contributed by atoms with E-state index in [1.165, 1.54) is 360 Å². The number of rotatable bonds is 73. The Morgan fingerprint density at radius 3 is 0.923 bits per heavy atom. The molecule has 1 aliphatic rings. The molecule has 0 aliphatic carbocycles. The average Bonchev–Trinajstić information content (AvgIpc) is 1.50. The van der Waals surface area contributed by atoms with Gasteiger partial charge in [0, 0.05) is 6.42 Å². The number of hydrogen-bond donors (Lipinski definition) is 6. The smallest absolute Gasteiger partial charge is 0.220 e. The molecule has 0 aromatic rings. The molecule has 9 heteroatoms. The second kappa shape index (κ2) is 71.2. The summed E-state index contributed by atoms with van der Waals surface area (Å²) >= 11 is 0. The normalized spacial score (nSPS) is 17.8. The molecule has 1 saturated heterocycles. The molecular weight excluding hydrogens is 1130 g/mol. The lowest BCUT2D eigenvalue weighted by atomic mass is 9.99. The summed E-state index contributed by atoms with van der Waals surface area (Å²) in [6.45, 7) is 3.83. The number of amides is 1. The lowest BCUT2D eigenvalue weighted by Crippen LogP contribution is -2.60. The molecule has 1 heterocycles. The number of nitrogens with one attached hydrogen (secondary N) is 1. The van der Waals surface area contributed by atoms with Crippen molar-refractivity contribution in [3.8, 4) is 0 Å². The van der Waals surface area contributed by atoms with Gasteiger partial charge in [-0.1, -0.05) is 410 Å². The molecule has 1 fully saturated rings. The predicted octanol–water partition coefficient (Wildman–Crippen LogP) is 23.3. The highest BCUT2D eigenvalue weighted by Crippen LogP contribution is 2.24. The molecule has 0 spiro atoms. The maximum absolute atomic E-state index is 13.2. The second-order valence-electron chi connectivity index (χ2n) is 28.6. The van der Waals surface area contributed by atoms with Gasteiger partial charge in [0.15, 0.2) is 6.29 Å². The molecule has 0 aromatic heterocycles. The number of ether oxygens (including phenoxy) is 2. The van der Waals surface area contributed by atoms with Crippen molar-refractivity contribution in [3.05, 3.63) is 36.5 Å². The largest absolute Gasteiger partial charge is 0.394 e. The van der Waals surface area contributed by atoms with E-state index >= 15 is 0 Å². The quantitative estimate of drug-likeness (QED) is 0.0261. The van der Waals surface area contributed by atoms with E-state index in [0.717, 1.165) is 44.9 Å². The van der Waals surface area contributed by atoms with Crippen molar-refractivity contribution in [3.63, 3.8) is 0 Å². The van der Waals surface area contributed by atoms with Gasteiger partial charge in [-0.15, -0.1) is 0 Å². The van der Waals surface area contributed by atoms with Gasteiger partial charge in [0.05, 0.1) is 25.4 Å². The van der Waals surface area contributed by atoms with Crippen molar-refractivity contribution in [2.75, 3.05) is 13.2 Å². The van der Waals surface area contributed by atoms with E-state index in [4.69, 9.17) is 9.47 Å².